The molecule has 1 aromatic rings. The first-order valence-electron chi connectivity index (χ1n) is 3.77. The van der Waals surface area contributed by atoms with Crippen LogP contribution < -0.4 is 0 Å². The molecule has 1 fully saturated rings. The second-order valence-corrected chi connectivity index (χ2v) is 2.96. The van der Waals surface area contributed by atoms with Crippen molar-refractivity contribution in [1.82, 2.24) is 9.97 Å². The van der Waals surface area contributed by atoms with E-state index >= 15 is 0 Å². The van der Waals surface area contributed by atoms with Gasteiger partial charge < -0.3 is 5.11 Å². The first kappa shape index (κ1) is 6.73. The Morgan fingerprint density at radius 1 is 1.45 bits per heavy atom. The Labute approximate surface area is 65.1 Å². The fourth-order valence-corrected chi connectivity index (χ4v) is 1.36. The molecule has 0 aliphatic heterocycles. The van der Waals surface area contributed by atoms with Crippen LogP contribution in [0.4, 0.5) is 0 Å². The molecule has 1 aliphatic rings. The van der Waals surface area contributed by atoms with Gasteiger partial charge in [-0.05, 0) is 23.8 Å². The molecule has 1 N–H and O–H groups in total. The molecule has 1 unspecified atom stereocenters. The van der Waals surface area contributed by atoms with Crippen molar-refractivity contribution < 1.29 is 5.11 Å². The summed E-state index contributed by atoms with van der Waals surface area (Å²) in [6.45, 7) is 0.291. The lowest BCUT2D eigenvalue weighted by molar-refractivity contribution is 0.274. The van der Waals surface area contributed by atoms with Crippen molar-refractivity contribution in [1.29, 1.82) is 0 Å². The van der Waals surface area contributed by atoms with Gasteiger partial charge in [-0.3, -0.25) is 0 Å². The topological polar surface area (TPSA) is 46.0 Å². The summed E-state index contributed by atoms with van der Waals surface area (Å²) in [5.74, 6) is 0.974. The predicted molar refractivity (Wildman–Crippen MR) is 40.0 cm³/mol. The third kappa shape index (κ3) is 1.24. The summed E-state index contributed by atoms with van der Waals surface area (Å²) in [5, 5.41) is 8.80. The number of hydrogen-bond acceptors (Lipinski definition) is 3. The molecule has 1 aromatic heterocycles. The van der Waals surface area contributed by atoms with E-state index in [2.05, 4.69) is 9.97 Å². The van der Waals surface area contributed by atoms with Gasteiger partial charge in [0.25, 0.3) is 0 Å². The van der Waals surface area contributed by atoms with Crippen LogP contribution in [0, 0.1) is 5.92 Å². The lowest BCUT2D eigenvalue weighted by Gasteiger charge is -1.94. The van der Waals surface area contributed by atoms with Gasteiger partial charge in [0.15, 0.2) is 0 Å². The summed E-state index contributed by atoms with van der Waals surface area (Å²) in [6.07, 6.45) is 6.27. The summed E-state index contributed by atoms with van der Waals surface area (Å²) in [7, 11) is 0. The lowest BCUT2D eigenvalue weighted by atomic mass is 10.2. The molecule has 1 saturated carbocycles. The standard InChI is InChI=1S/C8H10N2O/c11-4-6-1-8(6)7-2-9-5-10-3-7/h2-3,5-6,8,11H,1,4H2/t6-,8?/m0/s1. The Kier molecular flexibility index (Phi) is 1.58. The monoisotopic (exact) mass is 150 g/mol. The molecule has 11 heavy (non-hydrogen) atoms. The van der Waals surface area contributed by atoms with Crippen LogP contribution in [0.15, 0.2) is 18.7 Å². The zero-order valence-corrected chi connectivity index (χ0v) is 6.14. The molecular formula is C8H10N2O. The smallest absolute Gasteiger partial charge is 0.115 e. The summed E-state index contributed by atoms with van der Waals surface area (Å²) in [6, 6.07) is 0. The van der Waals surface area contributed by atoms with Gasteiger partial charge in [-0.25, -0.2) is 9.97 Å². The molecular weight excluding hydrogens is 140 g/mol. The highest BCUT2D eigenvalue weighted by Gasteiger charge is 2.37. The van der Waals surface area contributed by atoms with Crippen LogP contribution >= 0.6 is 0 Å². The van der Waals surface area contributed by atoms with E-state index in [1.807, 2.05) is 12.4 Å². The van der Waals surface area contributed by atoms with Crippen LogP contribution in [0.5, 0.6) is 0 Å². The van der Waals surface area contributed by atoms with Crippen LogP contribution in [-0.2, 0) is 0 Å². The molecule has 2 atom stereocenters. The molecule has 1 aliphatic carbocycles. The molecule has 1 heterocycles. The number of aliphatic hydroxyl groups excluding tert-OH is 1. The highest BCUT2D eigenvalue weighted by atomic mass is 16.3. The Balaban J connectivity index is 2.09. The van der Waals surface area contributed by atoms with Crippen molar-refractivity contribution >= 4 is 0 Å². The highest BCUT2D eigenvalue weighted by Crippen LogP contribution is 2.46. The summed E-state index contributed by atoms with van der Waals surface area (Å²) < 4.78 is 0. The summed E-state index contributed by atoms with van der Waals surface area (Å²) in [5.41, 5.74) is 1.16. The summed E-state index contributed by atoms with van der Waals surface area (Å²) >= 11 is 0. The van der Waals surface area contributed by atoms with Gasteiger partial charge in [0.1, 0.15) is 6.33 Å². The largest absolute Gasteiger partial charge is 0.396 e. The van der Waals surface area contributed by atoms with Gasteiger partial charge >= 0.3 is 0 Å². The van der Waals surface area contributed by atoms with Crippen molar-refractivity contribution in [3.05, 3.63) is 24.3 Å². The zero-order chi connectivity index (χ0) is 7.68. The molecule has 0 aromatic carbocycles. The van der Waals surface area contributed by atoms with Crippen LogP contribution in [-0.4, -0.2) is 21.7 Å². The van der Waals surface area contributed by atoms with E-state index in [1.54, 1.807) is 0 Å². The second kappa shape index (κ2) is 2.58. The maximum atomic E-state index is 8.80. The van der Waals surface area contributed by atoms with Gasteiger partial charge in [-0.15, -0.1) is 0 Å². The quantitative estimate of drug-likeness (QED) is 0.670. The first-order valence-corrected chi connectivity index (χ1v) is 3.77. The van der Waals surface area contributed by atoms with Crippen molar-refractivity contribution in [2.24, 2.45) is 5.92 Å². The molecule has 0 bridgehead atoms. The van der Waals surface area contributed by atoms with Crippen LogP contribution in [0.2, 0.25) is 0 Å². The molecule has 0 amide bonds. The molecule has 0 spiro atoms. The van der Waals surface area contributed by atoms with Crippen molar-refractivity contribution in [3.63, 3.8) is 0 Å². The average molecular weight is 150 g/mol. The third-order valence-electron chi connectivity index (χ3n) is 2.17. The molecule has 3 heteroatoms. The molecule has 0 saturated heterocycles. The highest BCUT2D eigenvalue weighted by molar-refractivity contribution is 5.19. The van der Waals surface area contributed by atoms with E-state index in [-0.39, 0.29) is 0 Å². The molecule has 2 rings (SSSR count). The maximum Gasteiger partial charge on any atom is 0.115 e. The van der Waals surface area contributed by atoms with E-state index in [0.29, 0.717) is 18.4 Å². The van der Waals surface area contributed by atoms with E-state index in [1.165, 1.54) is 6.33 Å². The van der Waals surface area contributed by atoms with E-state index in [0.717, 1.165) is 12.0 Å². The number of hydrogen-bond donors (Lipinski definition) is 1. The number of nitrogens with zero attached hydrogens (tertiary/aromatic N) is 2. The average Bonchev–Trinajstić information content (AvgIpc) is 2.85. The minimum atomic E-state index is 0.291. The molecule has 3 nitrogen and oxygen atoms in total. The number of rotatable bonds is 2. The molecule has 0 radical (unpaired) electrons. The van der Waals surface area contributed by atoms with Crippen LogP contribution in [0.25, 0.3) is 0 Å². The Morgan fingerprint density at radius 2 is 2.18 bits per heavy atom. The predicted octanol–water partition coefficient (Wildman–Crippen LogP) is 0.572. The van der Waals surface area contributed by atoms with Gasteiger partial charge in [-0.2, -0.15) is 0 Å². The van der Waals surface area contributed by atoms with E-state index in [9.17, 15) is 0 Å². The van der Waals surface area contributed by atoms with E-state index in [4.69, 9.17) is 5.11 Å². The van der Waals surface area contributed by atoms with Crippen LogP contribution in [0.1, 0.15) is 17.9 Å². The van der Waals surface area contributed by atoms with Crippen molar-refractivity contribution in [2.75, 3.05) is 6.61 Å². The Hall–Kier alpha value is -0.960. The normalized spacial score (nSPS) is 28.5. The lowest BCUT2D eigenvalue weighted by Crippen LogP contribution is -1.89. The fraction of sp³-hybridized carbons (Fsp3) is 0.500. The molecule has 58 valence electrons. The number of aromatic nitrogens is 2. The van der Waals surface area contributed by atoms with E-state index < -0.39 is 0 Å². The first-order chi connectivity index (χ1) is 5.42. The maximum absolute atomic E-state index is 8.80. The Bertz CT molecular complexity index is 237. The van der Waals surface area contributed by atoms with Crippen molar-refractivity contribution in [2.45, 2.75) is 12.3 Å². The zero-order valence-electron chi connectivity index (χ0n) is 6.14. The second-order valence-electron chi connectivity index (χ2n) is 2.96. The fourth-order valence-electron chi connectivity index (χ4n) is 1.36. The third-order valence-corrected chi connectivity index (χ3v) is 2.17. The summed E-state index contributed by atoms with van der Waals surface area (Å²) in [4.78, 5) is 7.84. The van der Waals surface area contributed by atoms with Crippen LogP contribution in [0.3, 0.4) is 0 Å². The SMILES string of the molecule is OC[C@@H]1CC1c1cncnc1. The van der Waals surface area contributed by atoms with Crippen molar-refractivity contribution in [3.8, 4) is 0 Å². The minimum Gasteiger partial charge on any atom is -0.396 e. The van der Waals surface area contributed by atoms with Gasteiger partial charge in [0.2, 0.25) is 0 Å². The minimum absolute atomic E-state index is 0.291. The van der Waals surface area contributed by atoms with Gasteiger partial charge in [0, 0.05) is 19.0 Å². The Morgan fingerprint density at radius 3 is 2.73 bits per heavy atom. The van der Waals surface area contributed by atoms with Gasteiger partial charge in [-0.1, -0.05) is 0 Å². The van der Waals surface area contributed by atoms with Gasteiger partial charge in [0.05, 0.1) is 0 Å². The number of aliphatic hydroxyl groups is 1.